The van der Waals surface area contributed by atoms with Crippen molar-refractivity contribution in [3.63, 3.8) is 0 Å². The van der Waals surface area contributed by atoms with E-state index in [1.165, 1.54) is 0 Å². The first-order valence-electron chi connectivity index (χ1n) is 6.29. The van der Waals surface area contributed by atoms with Crippen molar-refractivity contribution in [2.75, 3.05) is 0 Å². The molecule has 18 heavy (non-hydrogen) atoms. The minimum absolute atomic E-state index is 0.308. The van der Waals surface area contributed by atoms with Gasteiger partial charge in [-0.3, -0.25) is 0 Å². The van der Waals surface area contributed by atoms with Crippen LogP contribution in [-0.2, 0) is 4.84 Å². The molecule has 0 aliphatic heterocycles. The minimum atomic E-state index is -0.387. The Balaban J connectivity index is 1.85. The molecule has 0 amide bonds. The zero-order valence-electron chi connectivity index (χ0n) is 11.1. The van der Waals surface area contributed by atoms with E-state index in [2.05, 4.69) is 25.9 Å². The van der Waals surface area contributed by atoms with Crippen LogP contribution in [0.5, 0.6) is 0 Å². The summed E-state index contributed by atoms with van der Waals surface area (Å²) in [6, 6.07) is 8.93. The molecule has 1 aliphatic rings. The second-order valence-electron chi connectivity index (χ2n) is 5.87. The Kier molecular flexibility index (Phi) is 3.50. The van der Waals surface area contributed by atoms with Crippen molar-refractivity contribution in [1.82, 2.24) is 0 Å². The number of rotatable bonds is 2. The van der Waals surface area contributed by atoms with Gasteiger partial charge in [-0.15, -0.1) is 0 Å². The summed E-state index contributed by atoms with van der Waals surface area (Å²) in [6.45, 7) is 6.68. The SMILES string of the molecule is CC(C)(C)C1CC(=NOC(=O)c2ccccc2)C1. The van der Waals surface area contributed by atoms with Crippen LogP contribution in [0.25, 0.3) is 0 Å². The third-order valence-corrected chi connectivity index (χ3v) is 3.46. The molecule has 0 heterocycles. The van der Waals surface area contributed by atoms with E-state index < -0.39 is 0 Å². The number of nitrogens with zero attached hydrogens (tertiary/aromatic N) is 1. The fourth-order valence-corrected chi connectivity index (χ4v) is 1.93. The predicted octanol–water partition coefficient (Wildman–Crippen LogP) is 3.66. The largest absolute Gasteiger partial charge is 0.365 e. The van der Waals surface area contributed by atoms with E-state index in [1.807, 2.05) is 18.2 Å². The molecule has 1 fully saturated rings. The zero-order chi connectivity index (χ0) is 13.2. The van der Waals surface area contributed by atoms with E-state index >= 15 is 0 Å². The van der Waals surface area contributed by atoms with Crippen LogP contribution in [0.3, 0.4) is 0 Å². The molecule has 0 atom stereocenters. The minimum Gasteiger partial charge on any atom is -0.313 e. The molecule has 2 rings (SSSR count). The van der Waals surface area contributed by atoms with Gasteiger partial charge >= 0.3 is 5.97 Å². The quantitative estimate of drug-likeness (QED) is 0.589. The van der Waals surface area contributed by atoms with Gasteiger partial charge in [-0.25, -0.2) is 4.79 Å². The molecule has 0 bridgehead atoms. The summed E-state index contributed by atoms with van der Waals surface area (Å²) in [5, 5.41) is 3.94. The standard InChI is InChI=1S/C15H19NO2/c1-15(2,3)12-9-13(10-12)16-18-14(17)11-7-5-4-6-8-11/h4-8,12H,9-10H2,1-3H3. The van der Waals surface area contributed by atoms with Crippen molar-refractivity contribution in [2.45, 2.75) is 33.6 Å². The van der Waals surface area contributed by atoms with Crippen LogP contribution >= 0.6 is 0 Å². The molecule has 3 nitrogen and oxygen atoms in total. The molecular weight excluding hydrogens is 226 g/mol. The predicted molar refractivity (Wildman–Crippen MR) is 71.5 cm³/mol. The average Bonchev–Trinajstić information content (AvgIpc) is 2.26. The molecule has 1 aromatic rings. The van der Waals surface area contributed by atoms with Crippen LogP contribution in [-0.4, -0.2) is 11.7 Å². The van der Waals surface area contributed by atoms with E-state index in [0.717, 1.165) is 18.6 Å². The van der Waals surface area contributed by atoms with Crippen LogP contribution in [0.2, 0.25) is 0 Å². The first-order valence-corrected chi connectivity index (χ1v) is 6.29. The van der Waals surface area contributed by atoms with E-state index in [4.69, 9.17) is 4.84 Å². The van der Waals surface area contributed by atoms with Crippen molar-refractivity contribution in [3.8, 4) is 0 Å². The lowest BCUT2D eigenvalue weighted by Crippen LogP contribution is -2.34. The Morgan fingerprint density at radius 3 is 2.39 bits per heavy atom. The second kappa shape index (κ2) is 4.92. The molecule has 0 N–H and O–H groups in total. The summed E-state index contributed by atoms with van der Waals surface area (Å²) in [5.41, 5.74) is 1.83. The third-order valence-electron chi connectivity index (χ3n) is 3.46. The third kappa shape index (κ3) is 2.97. The smallest absolute Gasteiger partial charge is 0.313 e. The van der Waals surface area contributed by atoms with Gasteiger partial charge < -0.3 is 4.84 Å². The Hall–Kier alpha value is -1.64. The summed E-state index contributed by atoms with van der Waals surface area (Å²) in [7, 11) is 0. The molecule has 0 unspecified atom stereocenters. The first-order chi connectivity index (χ1) is 8.47. The summed E-state index contributed by atoms with van der Waals surface area (Å²) in [4.78, 5) is 16.6. The Bertz CT molecular complexity index is 449. The van der Waals surface area contributed by atoms with Crippen molar-refractivity contribution in [1.29, 1.82) is 0 Å². The van der Waals surface area contributed by atoms with Crippen LogP contribution in [0.4, 0.5) is 0 Å². The molecule has 0 aromatic heterocycles. The number of benzene rings is 1. The summed E-state index contributed by atoms with van der Waals surface area (Å²) in [5.74, 6) is 0.258. The van der Waals surface area contributed by atoms with Gasteiger partial charge in [-0.2, -0.15) is 0 Å². The fourth-order valence-electron chi connectivity index (χ4n) is 1.93. The second-order valence-corrected chi connectivity index (χ2v) is 5.87. The van der Waals surface area contributed by atoms with Gasteiger partial charge in [0.15, 0.2) is 0 Å². The zero-order valence-corrected chi connectivity index (χ0v) is 11.1. The maximum absolute atomic E-state index is 11.6. The fraction of sp³-hybridized carbons (Fsp3) is 0.467. The van der Waals surface area contributed by atoms with Gasteiger partial charge in [-0.05, 0) is 36.3 Å². The lowest BCUT2D eigenvalue weighted by Gasteiger charge is -2.38. The summed E-state index contributed by atoms with van der Waals surface area (Å²) < 4.78 is 0. The van der Waals surface area contributed by atoms with Gasteiger partial charge in [0, 0.05) is 0 Å². The van der Waals surface area contributed by atoms with Crippen molar-refractivity contribution < 1.29 is 9.63 Å². The van der Waals surface area contributed by atoms with E-state index in [9.17, 15) is 4.79 Å². The highest BCUT2D eigenvalue weighted by Crippen LogP contribution is 2.39. The summed E-state index contributed by atoms with van der Waals surface area (Å²) >= 11 is 0. The average molecular weight is 245 g/mol. The monoisotopic (exact) mass is 245 g/mol. The summed E-state index contributed by atoms with van der Waals surface area (Å²) in [6.07, 6.45) is 1.87. The molecule has 1 aromatic carbocycles. The van der Waals surface area contributed by atoms with E-state index in [0.29, 0.717) is 16.9 Å². The number of carbonyl (C=O) groups is 1. The van der Waals surface area contributed by atoms with Crippen LogP contribution in [0.15, 0.2) is 35.5 Å². The van der Waals surface area contributed by atoms with Crippen molar-refractivity contribution in [3.05, 3.63) is 35.9 Å². The first kappa shape index (κ1) is 12.8. The number of oxime groups is 1. The molecule has 0 saturated heterocycles. The van der Waals surface area contributed by atoms with Crippen molar-refractivity contribution in [2.24, 2.45) is 16.5 Å². The van der Waals surface area contributed by atoms with Gasteiger partial charge in [0.05, 0.1) is 11.3 Å². The molecule has 0 spiro atoms. The molecule has 1 aliphatic carbocycles. The van der Waals surface area contributed by atoms with Gasteiger partial charge in [0.25, 0.3) is 0 Å². The number of carbonyl (C=O) groups excluding carboxylic acids is 1. The Morgan fingerprint density at radius 1 is 1.22 bits per heavy atom. The molecule has 3 heteroatoms. The number of hydrogen-bond donors (Lipinski definition) is 0. The van der Waals surface area contributed by atoms with Crippen LogP contribution in [0, 0.1) is 11.3 Å². The highest BCUT2D eigenvalue weighted by atomic mass is 16.7. The Morgan fingerprint density at radius 2 is 1.83 bits per heavy atom. The molecule has 96 valence electrons. The highest BCUT2D eigenvalue weighted by Gasteiger charge is 2.35. The van der Waals surface area contributed by atoms with Crippen LogP contribution in [0.1, 0.15) is 44.0 Å². The Labute approximate surface area is 108 Å². The molecule has 0 radical (unpaired) electrons. The number of hydrogen-bond acceptors (Lipinski definition) is 3. The van der Waals surface area contributed by atoms with Crippen molar-refractivity contribution >= 4 is 11.7 Å². The van der Waals surface area contributed by atoms with Gasteiger partial charge in [0.1, 0.15) is 0 Å². The maximum atomic E-state index is 11.6. The highest BCUT2D eigenvalue weighted by molar-refractivity contribution is 5.92. The molecular formula is C15H19NO2. The topological polar surface area (TPSA) is 38.7 Å². The lowest BCUT2D eigenvalue weighted by atomic mass is 9.67. The lowest BCUT2D eigenvalue weighted by molar-refractivity contribution is 0.0506. The molecule has 1 saturated carbocycles. The maximum Gasteiger partial charge on any atom is 0.365 e. The van der Waals surface area contributed by atoms with Crippen LogP contribution < -0.4 is 0 Å². The van der Waals surface area contributed by atoms with E-state index in [-0.39, 0.29) is 5.97 Å². The van der Waals surface area contributed by atoms with Gasteiger partial charge in [-0.1, -0.05) is 44.1 Å². The van der Waals surface area contributed by atoms with E-state index in [1.54, 1.807) is 12.1 Å². The normalized spacial score (nSPS) is 19.1. The van der Waals surface area contributed by atoms with Gasteiger partial charge in [0.2, 0.25) is 0 Å².